The van der Waals surface area contributed by atoms with Crippen LogP contribution < -0.4 is 0 Å². The highest BCUT2D eigenvalue weighted by molar-refractivity contribution is 6.19. The molecule has 0 unspecified atom stereocenters. The number of aromatic nitrogens is 4. The molecule has 0 radical (unpaired) electrons. The van der Waals surface area contributed by atoms with Gasteiger partial charge in [0.05, 0.1) is 27.8 Å². The average Bonchev–Trinajstić information content (AvgIpc) is 3.78. The summed E-state index contributed by atoms with van der Waals surface area (Å²) in [4.78, 5) is 10.7. The van der Waals surface area contributed by atoms with Crippen molar-refractivity contribution >= 4 is 43.6 Å². The van der Waals surface area contributed by atoms with Crippen LogP contribution in [0.15, 0.2) is 206 Å². The van der Waals surface area contributed by atoms with Crippen LogP contribution in [0.5, 0.6) is 0 Å². The van der Waals surface area contributed by atoms with E-state index in [2.05, 4.69) is 209 Å². The number of benzene rings is 8. The van der Waals surface area contributed by atoms with Gasteiger partial charge in [0.2, 0.25) is 0 Å². The maximum atomic E-state index is 5.41. The smallest absolute Gasteiger partial charge is 0.162 e. The zero-order valence-corrected chi connectivity index (χ0v) is 30.4. The molecule has 0 aliphatic heterocycles. The Morgan fingerprint density at radius 1 is 0.286 bits per heavy atom. The van der Waals surface area contributed by atoms with Gasteiger partial charge in [-0.2, -0.15) is 0 Å². The van der Waals surface area contributed by atoms with E-state index in [9.17, 15) is 0 Å². The predicted octanol–water partition coefficient (Wildman–Crippen LogP) is 13.3. The predicted molar refractivity (Wildman–Crippen MR) is 232 cm³/mol. The van der Waals surface area contributed by atoms with Crippen LogP contribution >= 0.6 is 0 Å². The van der Waals surface area contributed by atoms with Crippen molar-refractivity contribution in [2.45, 2.75) is 0 Å². The van der Waals surface area contributed by atoms with E-state index in [0.717, 1.165) is 50.5 Å². The highest BCUT2D eigenvalue weighted by Crippen LogP contribution is 2.40. The Balaban J connectivity index is 1.17. The third kappa shape index (κ3) is 5.31. The molecule has 0 aliphatic carbocycles. The standard InChI is InChI=1S/C52H34N4/c1-4-15-35(16-5-1)37-27-29-38(30-28-37)46-34-51(54-52(53-46)40-20-14-19-39(31-40)36-17-6-2-7-18-36)56-48-26-13-11-24-43(48)45-32-49-44(33-50(45)56)42-23-10-12-25-47(42)55(49)41-21-8-3-9-22-41/h1-34H. The number of hydrogen-bond acceptors (Lipinski definition) is 2. The third-order valence-corrected chi connectivity index (χ3v) is 10.9. The maximum absolute atomic E-state index is 5.41. The van der Waals surface area contributed by atoms with Gasteiger partial charge in [0.25, 0.3) is 0 Å². The maximum Gasteiger partial charge on any atom is 0.162 e. The number of hydrogen-bond donors (Lipinski definition) is 0. The molecule has 262 valence electrons. The lowest BCUT2D eigenvalue weighted by molar-refractivity contribution is 1.05. The second-order valence-electron chi connectivity index (χ2n) is 14.3. The van der Waals surface area contributed by atoms with Crippen molar-refractivity contribution in [3.63, 3.8) is 0 Å². The largest absolute Gasteiger partial charge is 0.309 e. The quantitative estimate of drug-likeness (QED) is 0.172. The lowest BCUT2D eigenvalue weighted by Gasteiger charge is -2.13. The summed E-state index contributed by atoms with van der Waals surface area (Å²) in [5.41, 5.74) is 13.2. The molecule has 0 amide bonds. The van der Waals surface area contributed by atoms with Gasteiger partial charge in [-0.3, -0.25) is 4.57 Å². The molecule has 4 nitrogen and oxygen atoms in total. The van der Waals surface area contributed by atoms with Crippen LogP contribution in [-0.2, 0) is 0 Å². The summed E-state index contributed by atoms with van der Waals surface area (Å²) in [6.45, 7) is 0. The van der Waals surface area contributed by atoms with Crippen LogP contribution in [0.25, 0.3) is 100 Å². The summed E-state index contributed by atoms with van der Waals surface area (Å²) >= 11 is 0. The number of nitrogens with zero attached hydrogens (tertiary/aromatic N) is 4. The van der Waals surface area contributed by atoms with E-state index in [1.165, 1.54) is 43.7 Å². The Hall–Kier alpha value is -7.56. The molecule has 8 aromatic carbocycles. The monoisotopic (exact) mass is 714 g/mol. The summed E-state index contributed by atoms with van der Waals surface area (Å²) in [7, 11) is 0. The topological polar surface area (TPSA) is 35.6 Å². The van der Waals surface area contributed by atoms with Crippen molar-refractivity contribution in [2.24, 2.45) is 0 Å². The Morgan fingerprint density at radius 3 is 1.43 bits per heavy atom. The minimum absolute atomic E-state index is 0.676. The van der Waals surface area contributed by atoms with E-state index in [-0.39, 0.29) is 0 Å². The fourth-order valence-electron chi connectivity index (χ4n) is 8.29. The van der Waals surface area contributed by atoms with Crippen LogP contribution in [0.3, 0.4) is 0 Å². The van der Waals surface area contributed by atoms with Gasteiger partial charge < -0.3 is 4.57 Å². The molecule has 4 heteroatoms. The summed E-state index contributed by atoms with van der Waals surface area (Å²) < 4.78 is 4.71. The van der Waals surface area contributed by atoms with Crippen LogP contribution in [0.2, 0.25) is 0 Å². The van der Waals surface area contributed by atoms with Crippen LogP contribution in [0, 0.1) is 0 Å². The second kappa shape index (κ2) is 13.1. The van der Waals surface area contributed by atoms with Crippen LogP contribution in [0.1, 0.15) is 0 Å². The van der Waals surface area contributed by atoms with Crippen molar-refractivity contribution in [3.8, 4) is 56.4 Å². The Labute approximate surface area is 324 Å². The van der Waals surface area contributed by atoms with Gasteiger partial charge in [-0.05, 0) is 64.7 Å². The van der Waals surface area contributed by atoms with Gasteiger partial charge in [0.1, 0.15) is 5.82 Å². The van der Waals surface area contributed by atoms with Crippen molar-refractivity contribution in [1.29, 1.82) is 0 Å². The van der Waals surface area contributed by atoms with Crippen molar-refractivity contribution in [1.82, 2.24) is 19.1 Å². The van der Waals surface area contributed by atoms with E-state index in [0.29, 0.717) is 5.82 Å². The fourth-order valence-corrected chi connectivity index (χ4v) is 8.29. The molecule has 0 N–H and O–H groups in total. The number of para-hydroxylation sites is 3. The summed E-state index contributed by atoms with van der Waals surface area (Å²) in [6.07, 6.45) is 0. The van der Waals surface area contributed by atoms with Crippen LogP contribution in [-0.4, -0.2) is 19.1 Å². The van der Waals surface area contributed by atoms with Gasteiger partial charge >= 0.3 is 0 Å². The molecule has 56 heavy (non-hydrogen) atoms. The normalized spacial score (nSPS) is 11.6. The second-order valence-corrected chi connectivity index (χ2v) is 14.3. The molecular weight excluding hydrogens is 681 g/mol. The highest BCUT2D eigenvalue weighted by atomic mass is 15.1. The SMILES string of the molecule is c1ccc(-c2ccc(-c3cc(-n4c5ccccc5c5cc6c(cc54)c4ccccc4n6-c4ccccc4)nc(-c4cccc(-c5ccccc5)c4)n3)cc2)cc1. The van der Waals surface area contributed by atoms with Crippen LogP contribution in [0.4, 0.5) is 0 Å². The van der Waals surface area contributed by atoms with E-state index in [4.69, 9.17) is 9.97 Å². The minimum Gasteiger partial charge on any atom is -0.309 e. The first kappa shape index (κ1) is 31.9. The molecule has 0 saturated carbocycles. The summed E-state index contributed by atoms with van der Waals surface area (Å²) in [5.74, 6) is 1.50. The molecule has 0 atom stereocenters. The molecule has 11 rings (SSSR count). The Morgan fingerprint density at radius 2 is 0.768 bits per heavy atom. The lowest BCUT2D eigenvalue weighted by Crippen LogP contribution is -2.02. The Kier molecular flexibility index (Phi) is 7.46. The van der Waals surface area contributed by atoms with E-state index < -0.39 is 0 Å². The zero-order valence-electron chi connectivity index (χ0n) is 30.4. The van der Waals surface area contributed by atoms with E-state index >= 15 is 0 Å². The van der Waals surface area contributed by atoms with Crippen molar-refractivity contribution < 1.29 is 0 Å². The zero-order chi connectivity index (χ0) is 37.0. The summed E-state index contributed by atoms with van der Waals surface area (Å²) in [6, 6.07) is 73.2. The van der Waals surface area contributed by atoms with Gasteiger partial charge in [0.15, 0.2) is 5.82 Å². The van der Waals surface area contributed by atoms with Gasteiger partial charge in [-0.25, -0.2) is 9.97 Å². The molecule has 0 aliphatic rings. The third-order valence-electron chi connectivity index (χ3n) is 10.9. The van der Waals surface area contributed by atoms with Gasteiger partial charge in [-0.15, -0.1) is 0 Å². The van der Waals surface area contributed by atoms with E-state index in [1.54, 1.807) is 0 Å². The van der Waals surface area contributed by atoms with Crippen molar-refractivity contribution in [3.05, 3.63) is 206 Å². The first-order chi connectivity index (χ1) is 27.8. The first-order valence-corrected chi connectivity index (χ1v) is 19.0. The van der Waals surface area contributed by atoms with Gasteiger partial charge in [-0.1, -0.05) is 158 Å². The Bertz CT molecular complexity index is 3220. The highest BCUT2D eigenvalue weighted by Gasteiger charge is 2.20. The molecule has 3 aromatic heterocycles. The molecular formula is C52H34N4. The molecule has 0 fully saturated rings. The molecule has 0 saturated heterocycles. The molecule has 0 bridgehead atoms. The fraction of sp³-hybridized carbons (Fsp3) is 0. The molecule has 0 spiro atoms. The number of fused-ring (bicyclic) bond motifs is 6. The minimum atomic E-state index is 0.676. The molecule has 11 aromatic rings. The van der Waals surface area contributed by atoms with E-state index in [1.807, 2.05) is 6.07 Å². The van der Waals surface area contributed by atoms with Gasteiger partial charge in [0, 0.05) is 44.4 Å². The number of rotatable bonds is 6. The first-order valence-electron chi connectivity index (χ1n) is 19.0. The van der Waals surface area contributed by atoms with Crippen molar-refractivity contribution in [2.75, 3.05) is 0 Å². The summed E-state index contributed by atoms with van der Waals surface area (Å²) in [5, 5.41) is 4.76. The lowest BCUT2D eigenvalue weighted by atomic mass is 10.0. The average molecular weight is 715 g/mol. The molecule has 3 heterocycles.